The predicted octanol–water partition coefficient (Wildman–Crippen LogP) is 4.79. The lowest BCUT2D eigenvalue weighted by atomic mass is 9.95. The van der Waals surface area contributed by atoms with Gasteiger partial charge in [0.2, 0.25) is 0 Å². The number of hydrogen-bond donors (Lipinski definition) is 2. The van der Waals surface area contributed by atoms with E-state index in [9.17, 15) is 14.9 Å². The summed E-state index contributed by atoms with van der Waals surface area (Å²) in [5, 5.41) is 12.7. The Bertz CT molecular complexity index is 1210. The summed E-state index contributed by atoms with van der Waals surface area (Å²) in [7, 11) is 0. The van der Waals surface area contributed by atoms with E-state index < -0.39 is 0 Å². The van der Waals surface area contributed by atoms with E-state index in [-0.39, 0.29) is 24.4 Å². The van der Waals surface area contributed by atoms with Gasteiger partial charge in [-0.05, 0) is 60.2 Å². The van der Waals surface area contributed by atoms with Gasteiger partial charge in [-0.1, -0.05) is 62.4 Å². The second-order valence-corrected chi connectivity index (χ2v) is 8.84. The second-order valence-electron chi connectivity index (χ2n) is 8.84. The Kier molecular flexibility index (Phi) is 9.79. The summed E-state index contributed by atoms with van der Waals surface area (Å²) in [5.41, 5.74) is 9.67. The van der Waals surface area contributed by atoms with Crippen molar-refractivity contribution in [2.45, 2.75) is 39.2 Å². The van der Waals surface area contributed by atoms with Crippen LogP contribution >= 0.6 is 0 Å². The number of benzene rings is 3. The van der Waals surface area contributed by atoms with Crippen molar-refractivity contribution in [2.75, 3.05) is 19.6 Å². The number of nitriles is 1. The highest BCUT2D eigenvalue weighted by Gasteiger charge is 2.20. The lowest BCUT2D eigenvalue weighted by molar-refractivity contribution is 0.0755. The van der Waals surface area contributed by atoms with Crippen LogP contribution in [-0.4, -0.2) is 42.4 Å². The van der Waals surface area contributed by atoms with Gasteiger partial charge in [0.05, 0.1) is 11.6 Å². The number of carbonyl (C=O) groups is 2. The fourth-order valence-corrected chi connectivity index (χ4v) is 4.27. The van der Waals surface area contributed by atoms with E-state index in [4.69, 9.17) is 5.73 Å². The van der Waals surface area contributed by atoms with Gasteiger partial charge in [-0.2, -0.15) is 5.26 Å². The average Bonchev–Trinajstić information content (AvgIpc) is 2.92. The van der Waals surface area contributed by atoms with Crippen LogP contribution in [0.15, 0.2) is 72.8 Å². The molecule has 0 aliphatic carbocycles. The van der Waals surface area contributed by atoms with Gasteiger partial charge in [-0.15, -0.1) is 0 Å². The molecule has 2 amide bonds. The quantitative estimate of drug-likeness (QED) is 0.411. The van der Waals surface area contributed by atoms with E-state index in [1.54, 1.807) is 30.3 Å². The molecule has 6 heteroatoms. The van der Waals surface area contributed by atoms with E-state index in [1.807, 2.05) is 61.2 Å². The zero-order chi connectivity index (χ0) is 25.9. The Morgan fingerprint density at radius 2 is 1.58 bits per heavy atom. The highest BCUT2D eigenvalue weighted by Crippen LogP contribution is 2.27. The molecule has 0 heterocycles. The number of nitrogens with two attached hydrogens (primary N) is 1. The smallest absolute Gasteiger partial charge is 0.253 e. The summed E-state index contributed by atoms with van der Waals surface area (Å²) in [6.07, 6.45) is 2.29. The maximum absolute atomic E-state index is 13.5. The van der Waals surface area contributed by atoms with Crippen molar-refractivity contribution >= 4 is 11.8 Å². The van der Waals surface area contributed by atoms with E-state index in [1.165, 1.54) is 0 Å². The first-order valence-electron chi connectivity index (χ1n) is 12.5. The maximum Gasteiger partial charge on any atom is 0.253 e. The highest BCUT2D eigenvalue weighted by molar-refractivity contribution is 6.01. The van der Waals surface area contributed by atoms with E-state index in [2.05, 4.69) is 11.4 Å². The first-order chi connectivity index (χ1) is 17.5. The molecule has 0 fully saturated rings. The summed E-state index contributed by atoms with van der Waals surface area (Å²) < 4.78 is 0. The average molecular weight is 483 g/mol. The zero-order valence-electron chi connectivity index (χ0n) is 21.0. The molecule has 6 nitrogen and oxygen atoms in total. The van der Waals surface area contributed by atoms with Crippen LogP contribution in [0, 0.1) is 11.3 Å². The Morgan fingerprint density at radius 3 is 2.22 bits per heavy atom. The van der Waals surface area contributed by atoms with Crippen LogP contribution in [0.25, 0.3) is 11.1 Å². The number of rotatable bonds is 11. The number of hydrogen-bond acceptors (Lipinski definition) is 4. The van der Waals surface area contributed by atoms with Crippen LogP contribution in [0.2, 0.25) is 0 Å². The van der Waals surface area contributed by atoms with Gasteiger partial charge in [0, 0.05) is 36.8 Å². The van der Waals surface area contributed by atoms with Crippen LogP contribution in [0.1, 0.15) is 58.5 Å². The lowest BCUT2D eigenvalue weighted by Crippen LogP contribution is -2.41. The molecule has 0 saturated carbocycles. The monoisotopic (exact) mass is 482 g/mol. The van der Waals surface area contributed by atoms with Gasteiger partial charge in [0.1, 0.15) is 0 Å². The Balaban J connectivity index is 2.00. The molecule has 186 valence electrons. The van der Waals surface area contributed by atoms with Gasteiger partial charge in [0.15, 0.2) is 0 Å². The largest absolute Gasteiger partial charge is 0.348 e. The van der Waals surface area contributed by atoms with Crippen LogP contribution in [0.5, 0.6) is 0 Å². The summed E-state index contributed by atoms with van der Waals surface area (Å²) in [6, 6.07) is 24.2. The normalized spacial score (nSPS) is 11.4. The van der Waals surface area contributed by atoms with Crippen molar-refractivity contribution < 1.29 is 9.59 Å². The third-order valence-electron chi connectivity index (χ3n) is 6.02. The first-order valence-corrected chi connectivity index (χ1v) is 12.5. The van der Waals surface area contributed by atoms with Crippen LogP contribution < -0.4 is 11.1 Å². The predicted molar refractivity (Wildman–Crippen MR) is 144 cm³/mol. The molecule has 36 heavy (non-hydrogen) atoms. The van der Waals surface area contributed by atoms with Crippen molar-refractivity contribution in [2.24, 2.45) is 5.73 Å². The highest BCUT2D eigenvalue weighted by atomic mass is 16.2. The van der Waals surface area contributed by atoms with Gasteiger partial charge < -0.3 is 16.0 Å². The minimum Gasteiger partial charge on any atom is -0.348 e. The standard InChI is InChI=1S/C30H34N4O2/c1-3-14-34(15-4-2)30(36)26-18-24(28-13-9-8-12-23(28)20-31)17-25(19-26)29(35)33-27(21-32)16-22-10-6-5-7-11-22/h5-13,17-19,27H,3-4,14-16,21,32H2,1-2H3,(H,33,35)/t27-/m0/s1. The van der Waals surface area contributed by atoms with Gasteiger partial charge in [0.25, 0.3) is 11.8 Å². The lowest BCUT2D eigenvalue weighted by Gasteiger charge is -2.23. The molecule has 0 radical (unpaired) electrons. The number of carbonyl (C=O) groups excluding carboxylic acids is 2. The van der Waals surface area contributed by atoms with Crippen LogP contribution in [0.4, 0.5) is 0 Å². The number of amides is 2. The minimum absolute atomic E-state index is 0.122. The minimum atomic E-state index is -0.302. The molecule has 0 bridgehead atoms. The van der Waals surface area contributed by atoms with Crippen LogP contribution in [-0.2, 0) is 6.42 Å². The molecule has 3 N–H and O–H groups in total. The summed E-state index contributed by atoms with van der Waals surface area (Å²) in [6.45, 7) is 5.63. The molecule has 3 aromatic carbocycles. The summed E-state index contributed by atoms with van der Waals surface area (Å²) >= 11 is 0. The SMILES string of the molecule is CCCN(CCC)C(=O)c1cc(C(=O)N[C@H](CN)Cc2ccccc2)cc(-c2ccccc2C#N)c1. The molecule has 0 aromatic heterocycles. The molecule has 3 rings (SSSR count). The van der Waals surface area contributed by atoms with Gasteiger partial charge >= 0.3 is 0 Å². The van der Waals surface area contributed by atoms with Crippen molar-refractivity contribution in [1.29, 1.82) is 5.26 Å². The molecule has 0 saturated heterocycles. The van der Waals surface area contributed by atoms with Crippen molar-refractivity contribution in [3.8, 4) is 17.2 Å². The summed E-state index contributed by atoms with van der Waals surface area (Å²) in [5.74, 6) is -0.423. The van der Waals surface area contributed by atoms with Crippen molar-refractivity contribution in [3.63, 3.8) is 0 Å². The molecule has 0 aliphatic heterocycles. The Morgan fingerprint density at radius 1 is 0.944 bits per heavy atom. The Hall–Kier alpha value is -3.95. The fraction of sp³-hybridized carbons (Fsp3) is 0.300. The fourth-order valence-electron chi connectivity index (χ4n) is 4.27. The second kappa shape index (κ2) is 13.2. The van der Waals surface area contributed by atoms with Crippen LogP contribution in [0.3, 0.4) is 0 Å². The maximum atomic E-state index is 13.5. The third-order valence-corrected chi connectivity index (χ3v) is 6.02. The topological polar surface area (TPSA) is 99.2 Å². The van der Waals surface area contributed by atoms with E-state index >= 15 is 0 Å². The van der Waals surface area contributed by atoms with E-state index in [0.29, 0.717) is 47.3 Å². The van der Waals surface area contributed by atoms with Gasteiger partial charge in [-0.3, -0.25) is 9.59 Å². The molecule has 3 aromatic rings. The molecular formula is C30H34N4O2. The Labute approximate surface area is 213 Å². The first kappa shape index (κ1) is 26.7. The van der Waals surface area contributed by atoms with Crippen molar-refractivity contribution in [1.82, 2.24) is 10.2 Å². The van der Waals surface area contributed by atoms with Gasteiger partial charge in [-0.25, -0.2) is 0 Å². The molecule has 0 spiro atoms. The number of nitrogens with one attached hydrogen (secondary N) is 1. The zero-order valence-corrected chi connectivity index (χ0v) is 21.0. The van der Waals surface area contributed by atoms with Crippen molar-refractivity contribution in [3.05, 3.63) is 95.1 Å². The summed E-state index contributed by atoms with van der Waals surface area (Å²) in [4.78, 5) is 28.7. The van der Waals surface area contributed by atoms with E-state index in [0.717, 1.165) is 18.4 Å². The molecule has 1 atom stereocenters. The number of nitrogens with zero attached hydrogens (tertiary/aromatic N) is 2. The third kappa shape index (κ3) is 6.80. The molecule has 0 aliphatic rings. The molecule has 0 unspecified atom stereocenters. The molecular weight excluding hydrogens is 448 g/mol.